The number of benzene rings is 3. The third kappa shape index (κ3) is 5.23. The molecule has 1 amide bonds. The number of nitrogens with one attached hydrogen (secondary N) is 2. The monoisotopic (exact) mass is 477 g/mol. The Kier molecular flexibility index (Phi) is 6.94. The van der Waals surface area contributed by atoms with Crippen molar-refractivity contribution >= 4 is 16.8 Å². The SMILES string of the molecule is COc1ccc(C(CNC(=O)c2cccc(OCc3cccnc3)c2)c2c[nH]c3ccccc23)cc1. The van der Waals surface area contributed by atoms with E-state index in [-0.39, 0.29) is 11.8 Å². The minimum Gasteiger partial charge on any atom is -0.497 e. The third-order valence-electron chi connectivity index (χ3n) is 6.21. The van der Waals surface area contributed by atoms with Gasteiger partial charge in [0.15, 0.2) is 0 Å². The summed E-state index contributed by atoms with van der Waals surface area (Å²) in [6.45, 7) is 0.826. The zero-order valence-corrected chi connectivity index (χ0v) is 20.0. The normalized spacial score (nSPS) is 11.7. The van der Waals surface area contributed by atoms with Crippen molar-refractivity contribution in [1.29, 1.82) is 0 Å². The second-order valence-corrected chi connectivity index (χ2v) is 8.50. The maximum Gasteiger partial charge on any atom is 0.251 e. The molecule has 0 spiro atoms. The Hall–Kier alpha value is -4.58. The standard InChI is InChI=1S/C30H27N3O3/c1-35-24-13-11-22(12-14-24)27(28-19-32-29-10-3-2-9-26(28)29)18-33-30(34)23-7-4-8-25(16-23)36-20-21-6-5-15-31-17-21/h2-17,19,27,32H,18,20H2,1H3,(H,33,34). The molecule has 0 aliphatic heterocycles. The van der Waals surface area contributed by atoms with E-state index in [0.29, 0.717) is 24.5 Å². The molecule has 6 nitrogen and oxygen atoms in total. The van der Waals surface area contributed by atoms with Crippen molar-refractivity contribution in [3.8, 4) is 11.5 Å². The zero-order valence-electron chi connectivity index (χ0n) is 20.0. The lowest BCUT2D eigenvalue weighted by atomic mass is 9.90. The van der Waals surface area contributed by atoms with Gasteiger partial charge in [-0.15, -0.1) is 0 Å². The summed E-state index contributed by atoms with van der Waals surface area (Å²) < 4.78 is 11.2. The molecule has 5 aromatic rings. The number of aromatic nitrogens is 2. The van der Waals surface area contributed by atoms with Crippen LogP contribution >= 0.6 is 0 Å². The highest BCUT2D eigenvalue weighted by atomic mass is 16.5. The highest BCUT2D eigenvalue weighted by molar-refractivity contribution is 5.94. The van der Waals surface area contributed by atoms with Crippen molar-refractivity contribution < 1.29 is 14.3 Å². The van der Waals surface area contributed by atoms with Gasteiger partial charge in [-0.3, -0.25) is 9.78 Å². The number of hydrogen-bond donors (Lipinski definition) is 2. The number of H-pyrrole nitrogens is 1. The van der Waals surface area contributed by atoms with Crippen LogP contribution in [0.15, 0.2) is 104 Å². The van der Waals surface area contributed by atoms with Gasteiger partial charge in [0.25, 0.3) is 5.91 Å². The smallest absolute Gasteiger partial charge is 0.251 e. The van der Waals surface area contributed by atoms with Gasteiger partial charge in [-0.2, -0.15) is 0 Å². The molecule has 180 valence electrons. The van der Waals surface area contributed by atoms with Crippen molar-refractivity contribution in [3.63, 3.8) is 0 Å². The predicted molar refractivity (Wildman–Crippen MR) is 140 cm³/mol. The lowest BCUT2D eigenvalue weighted by Gasteiger charge is -2.19. The summed E-state index contributed by atoms with van der Waals surface area (Å²) in [5.41, 5.74) is 4.80. The van der Waals surface area contributed by atoms with E-state index < -0.39 is 0 Å². The van der Waals surface area contributed by atoms with Crippen molar-refractivity contribution in [2.24, 2.45) is 0 Å². The predicted octanol–water partition coefficient (Wildman–Crippen LogP) is 5.71. The molecule has 1 atom stereocenters. The van der Waals surface area contributed by atoms with Gasteiger partial charge in [-0.1, -0.05) is 42.5 Å². The Labute approximate surface area is 209 Å². The Balaban J connectivity index is 1.34. The van der Waals surface area contributed by atoms with Crippen LogP contribution in [0.1, 0.15) is 33.0 Å². The number of pyridine rings is 1. The van der Waals surface area contributed by atoms with Crippen LogP contribution < -0.4 is 14.8 Å². The molecule has 36 heavy (non-hydrogen) atoms. The topological polar surface area (TPSA) is 76.2 Å². The Morgan fingerprint density at radius 3 is 2.64 bits per heavy atom. The summed E-state index contributed by atoms with van der Waals surface area (Å²) in [7, 11) is 1.65. The van der Waals surface area contributed by atoms with Crippen molar-refractivity contribution in [3.05, 3.63) is 126 Å². The van der Waals surface area contributed by atoms with Crippen LogP contribution in [0, 0.1) is 0 Å². The fraction of sp³-hybridized carbons (Fsp3) is 0.133. The van der Waals surface area contributed by atoms with Crippen molar-refractivity contribution in [2.75, 3.05) is 13.7 Å². The summed E-state index contributed by atoms with van der Waals surface area (Å²) in [4.78, 5) is 20.6. The van der Waals surface area contributed by atoms with E-state index in [1.54, 1.807) is 31.6 Å². The fourth-order valence-corrected chi connectivity index (χ4v) is 4.30. The van der Waals surface area contributed by atoms with Crippen LogP contribution in [0.2, 0.25) is 0 Å². The van der Waals surface area contributed by atoms with Crippen LogP contribution in [0.4, 0.5) is 0 Å². The Morgan fingerprint density at radius 1 is 0.972 bits per heavy atom. The minimum absolute atomic E-state index is 0.0407. The second-order valence-electron chi connectivity index (χ2n) is 8.50. The number of carbonyl (C=O) groups is 1. The van der Waals surface area contributed by atoms with Crippen LogP contribution in [0.25, 0.3) is 10.9 Å². The number of aromatic amines is 1. The molecular weight excluding hydrogens is 450 g/mol. The van der Waals surface area contributed by atoms with Gasteiger partial charge < -0.3 is 19.8 Å². The molecule has 5 rings (SSSR count). The van der Waals surface area contributed by atoms with E-state index in [4.69, 9.17) is 9.47 Å². The fourth-order valence-electron chi connectivity index (χ4n) is 4.30. The summed E-state index contributed by atoms with van der Waals surface area (Å²) in [6, 6.07) is 27.2. The van der Waals surface area contributed by atoms with Crippen LogP contribution in [0.5, 0.6) is 11.5 Å². The number of rotatable bonds is 9. The second kappa shape index (κ2) is 10.8. The molecule has 0 saturated heterocycles. The summed E-state index contributed by atoms with van der Waals surface area (Å²) >= 11 is 0. The van der Waals surface area contributed by atoms with Gasteiger partial charge in [0.05, 0.1) is 7.11 Å². The Morgan fingerprint density at radius 2 is 1.83 bits per heavy atom. The molecule has 0 bridgehead atoms. The van der Waals surface area contributed by atoms with E-state index in [1.165, 1.54) is 0 Å². The number of amides is 1. The number of fused-ring (bicyclic) bond motifs is 1. The lowest BCUT2D eigenvalue weighted by molar-refractivity contribution is 0.0952. The minimum atomic E-state index is -0.153. The molecule has 6 heteroatoms. The van der Waals surface area contributed by atoms with Gasteiger partial charge >= 0.3 is 0 Å². The maximum absolute atomic E-state index is 13.1. The number of para-hydroxylation sites is 1. The first-order valence-corrected chi connectivity index (χ1v) is 11.8. The van der Waals surface area contributed by atoms with Gasteiger partial charge in [0.2, 0.25) is 0 Å². The molecule has 0 fully saturated rings. The first-order chi connectivity index (χ1) is 17.7. The van der Waals surface area contributed by atoms with Crippen LogP contribution in [0.3, 0.4) is 0 Å². The molecule has 1 unspecified atom stereocenters. The van der Waals surface area contributed by atoms with E-state index in [2.05, 4.69) is 27.4 Å². The maximum atomic E-state index is 13.1. The summed E-state index contributed by atoms with van der Waals surface area (Å²) in [5.74, 6) is 1.24. The average Bonchev–Trinajstić information content (AvgIpc) is 3.37. The first kappa shape index (κ1) is 23.2. The summed E-state index contributed by atoms with van der Waals surface area (Å²) in [5, 5.41) is 4.27. The van der Waals surface area contributed by atoms with Crippen molar-refractivity contribution in [2.45, 2.75) is 12.5 Å². The molecule has 0 radical (unpaired) electrons. The molecule has 3 aromatic carbocycles. The van der Waals surface area contributed by atoms with Gasteiger partial charge in [-0.25, -0.2) is 0 Å². The molecule has 0 saturated carbocycles. The van der Waals surface area contributed by atoms with Gasteiger partial charge in [0, 0.05) is 53.1 Å². The van der Waals surface area contributed by atoms with E-state index in [1.807, 2.05) is 66.9 Å². The highest BCUT2D eigenvalue weighted by Crippen LogP contribution is 2.31. The molecule has 0 aliphatic rings. The highest BCUT2D eigenvalue weighted by Gasteiger charge is 2.20. The van der Waals surface area contributed by atoms with Crippen LogP contribution in [-0.2, 0) is 6.61 Å². The molecule has 2 aromatic heterocycles. The largest absolute Gasteiger partial charge is 0.497 e. The number of hydrogen-bond acceptors (Lipinski definition) is 4. The average molecular weight is 478 g/mol. The molecule has 2 heterocycles. The number of ether oxygens (including phenoxy) is 2. The van der Waals surface area contributed by atoms with Crippen molar-refractivity contribution in [1.82, 2.24) is 15.3 Å². The Bertz CT molecular complexity index is 1450. The van der Waals surface area contributed by atoms with E-state index in [9.17, 15) is 4.79 Å². The number of methoxy groups -OCH3 is 1. The van der Waals surface area contributed by atoms with Gasteiger partial charge in [0.1, 0.15) is 18.1 Å². The zero-order chi connectivity index (χ0) is 24.7. The quantitative estimate of drug-likeness (QED) is 0.285. The van der Waals surface area contributed by atoms with E-state index >= 15 is 0 Å². The molecule has 0 aliphatic carbocycles. The van der Waals surface area contributed by atoms with E-state index in [0.717, 1.165) is 33.3 Å². The van der Waals surface area contributed by atoms with Gasteiger partial charge in [-0.05, 0) is 53.6 Å². The molecule has 2 N–H and O–H groups in total. The number of carbonyl (C=O) groups excluding carboxylic acids is 1. The number of nitrogens with zero attached hydrogens (tertiary/aromatic N) is 1. The lowest BCUT2D eigenvalue weighted by Crippen LogP contribution is -2.28. The van der Waals surface area contributed by atoms with Crippen LogP contribution in [-0.4, -0.2) is 29.5 Å². The molecular formula is C30H27N3O3. The summed E-state index contributed by atoms with van der Waals surface area (Å²) in [6.07, 6.45) is 5.52. The first-order valence-electron chi connectivity index (χ1n) is 11.8. The third-order valence-corrected chi connectivity index (χ3v) is 6.21.